The summed E-state index contributed by atoms with van der Waals surface area (Å²) in [5.41, 5.74) is 0.439. The highest BCUT2D eigenvalue weighted by atomic mass is 16.5. The van der Waals surface area contributed by atoms with Crippen LogP contribution in [0.2, 0.25) is 0 Å². The third kappa shape index (κ3) is 3.45. The second kappa shape index (κ2) is 7.31. The van der Waals surface area contributed by atoms with E-state index in [0.29, 0.717) is 25.5 Å². The molecule has 3 fully saturated rings. The summed E-state index contributed by atoms with van der Waals surface area (Å²) in [5.74, 6) is 0.341. The van der Waals surface area contributed by atoms with Crippen molar-refractivity contribution in [2.24, 2.45) is 11.3 Å². The van der Waals surface area contributed by atoms with E-state index in [1.807, 2.05) is 9.80 Å². The number of hydrogen-bond donors (Lipinski definition) is 0. The van der Waals surface area contributed by atoms with Crippen LogP contribution in [-0.4, -0.2) is 71.0 Å². The van der Waals surface area contributed by atoms with Crippen molar-refractivity contribution >= 4 is 11.8 Å². The predicted octanol–water partition coefficient (Wildman–Crippen LogP) is 1.36. The molecule has 3 aliphatic rings. The van der Waals surface area contributed by atoms with Gasteiger partial charge in [0.2, 0.25) is 5.91 Å². The van der Waals surface area contributed by atoms with Gasteiger partial charge in [-0.15, -0.1) is 0 Å². The predicted molar refractivity (Wildman–Crippen MR) is 94.3 cm³/mol. The molecule has 4 heterocycles. The zero-order valence-electron chi connectivity index (χ0n) is 15.1. The van der Waals surface area contributed by atoms with E-state index in [1.165, 1.54) is 6.20 Å². The quantitative estimate of drug-likeness (QED) is 0.798. The number of carbonyl (C=O) groups excluding carboxylic acids is 2. The monoisotopic (exact) mass is 358 g/mol. The SMILES string of the molecule is O=C(c1cnccn1)N1CCC[C@@]2(CCN(C(=O)C3CCOCC3)C2)C1. The van der Waals surface area contributed by atoms with Crippen molar-refractivity contribution in [3.8, 4) is 0 Å². The number of amides is 2. The Labute approximate surface area is 153 Å². The normalized spacial score (nSPS) is 27.1. The molecule has 3 saturated heterocycles. The molecule has 0 unspecified atom stereocenters. The number of aromatic nitrogens is 2. The molecule has 0 saturated carbocycles. The van der Waals surface area contributed by atoms with Crippen LogP contribution >= 0.6 is 0 Å². The Morgan fingerprint density at radius 3 is 2.65 bits per heavy atom. The topological polar surface area (TPSA) is 75.6 Å². The maximum Gasteiger partial charge on any atom is 0.274 e. The molecule has 0 aromatic carbocycles. The Morgan fingerprint density at radius 2 is 1.88 bits per heavy atom. The lowest BCUT2D eigenvalue weighted by Crippen LogP contribution is -2.48. The average Bonchev–Trinajstić information content (AvgIpc) is 3.11. The number of piperidine rings is 1. The first-order chi connectivity index (χ1) is 12.7. The minimum atomic E-state index is -0.0496. The van der Waals surface area contributed by atoms with Crippen LogP contribution in [0.25, 0.3) is 0 Å². The van der Waals surface area contributed by atoms with Gasteiger partial charge in [0.15, 0.2) is 0 Å². The maximum atomic E-state index is 12.8. The Balaban J connectivity index is 1.41. The van der Waals surface area contributed by atoms with E-state index in [4.69, 9.17) is 4.74 Å². The number of likely N-dealkylation sites (tertiary alicyclic amines) is 2. The fourth-order valence-electron chi connectivity index (χ4n) is 4.61. The third-order valence-electron chi connectivity index (χ3n) is 6.05. The lowest BCUT2D eigenvalue weighted by molar-refractivity contribution is -0.138. The van der Waals surface area contributed by atoms with Crippen LogP contribution in [-0.2, 0) is 9.53 Å². The number of hydrogen-bond acceptors (Lipinski definition) is 5. The molecule has 140 valence electrons. The molecular formula is C19H26N4O3. The lowest BCUT2D eigenvalue weighted by atomic mass is 9.79. The number of ether oxygens (including phenoxy) is 1. The Bertz CT molecular complexity index is 662. The van der Waals surface area contributed by atoms with E-state index in [9.17, 15) is 9.59 Å². The second-order valence-electron chi connectivity index (χ2n) is 7.82. The van der Waals surface area contributed by atoms with Crippen LogP contribution in [0.15, 0.2) is 18.6 Å². The molecule has 0 radical (unpaired) electrons. The summed E-state index contributed by atoms with van der Waals surface area (Å²) in [4.78, 5) is 37.6. The highest BCUT2D eigenvalue weighted by molar-refractivity contribution is 5.92. The van der Waals surface area contributed by atoms with E-state index in [2.05, 4.69) is 9.97 Å². The summed E-state index contributed by atoms with van der Waals surface area (Å²) in [7, 11) is 0. The average molecular weight is 358 g/mol. The summed E-state index contributed by atoms with van der Waals surface area (Å²) < 4.78 is 5.38. The van der Waals surface area contributed by atoms with Crippen molar-refractivity contribution in [2.45, 2.75) is 32.1 Å². The molecule has 1 spiro atoms. The minimum absolute atomic E-state index is 0.0386. The molecule has 2 amide bonds. The Kier molecular flexibility index (Phi) is 4.89. The lowest BCUT2D eigenvalue weighted by Gasteiger charge is -2.40. The van der Waals surface area contributed by atoms with Crippen molar-refractivity contribution in [3.63, 3.8) is 0 Å². The van der Waals surface area contributed by atoms with Crippen molar-refractivity contribution in [3.05, 3.63) is 24.3 Å². The van der Waals surface area contributed by atoms with Gasteiger partial charge in [0.1, 0.15) is 5.69 Å². The highest BCUT2D eigenvalue weighted by Gasteiger charge is 2.45. The number of carbonyl (C=O) groups is 2. The molecule has 1 atom stereocenters. The molecule has 0 N–H and O–H groups in total. The minimum Gasteiger partial charge on any atom is -0.381 e. The molecule has 7 heteroatoms. The Morgan fingerprint density at radius 1 is 1.08 bits per heavy atom. The van der Waals surface area contributed by atoms with Crippen LogP contribution < -0.4 is 0 Å². The maximum absolute atomic E-state index is 12.8. The van der Waals surface area contributed by atoms with Gasteiger partial charge in [0, 0.05) is 63.1 Å². The number of nitrogens with zero attached hydrogens (tertiary/aromatic N) is 4. The summed E-state index contributed by atoms with van der Waals surface area (Å²) >= 11 is 0. The van der Waals surface area contributed by atoms with Gasteiger partial charge in [-0.25, -0.2) is 4.98 Å². The van der Waals surface area contributed by atoms with E-state index in [-0.39, 0.29) is 23.1 Å². The number of rotatable bonds is 2. The Hall–Kier alpha value is -2.02. The summed E-state index contributed by atoms with van der Waals surface area (Å²) in [6.45, 7) is 4.42. The summed E-state index contributed by atoms with van der Waals surface area (Å²) in [5, 5.41) is 0. The van der Waals surface area contributed by atoms with Gasteiger partial charge in [-0.2, -0.15) is 0 Å². The molecule has 1 aromatic heterocycles. The summed E-state index contributed by atoms with van der Waals surface area (Å²) in [6.07, 6.45) is 9.35. The van der Waals surface area contributed by atoms with Crippen LogP contribution in [0.4, 0.5) is 0 Å². The van der Waals surface area contributed by atoms with Crippen LogP contribution in [0.1, 0.15) is 42.6 Å². The molecule has 0 bridgehead atoms. The van der Waals surface area contributed by atoms with Gasteiger partial charge in [0.25, 0.3) is 5.91 Å². The fraction of sp³-hybridized carbons (Fsp3) is 0.684. The van der Waals surface area contributed by atoms with Gasteiger partial charge in [-0.3, -0.25) is 14.6 Å². The molecular weight excluding hydrogens is 332 g/mol. The van der Waals surface area contributed by atoms with E-state index >= 15 is 0 Å². The smallest absolute Gasteiger partial charge is 0.274 e. The molecule has 3 aliphatic heterocycles. The third-order valence-corrected chi connectivity index (χ3v) is 6.05. The molecule has 7 nitrogen and oxygen atoms in total. The fourth-order valence-corrected chi connectivity index (χ4v) is 4.61. The molecule has 26 heavy (non-hydrogen) atoms. The van der Waals surface area contributed by atoms with Gasteiger partial charge >= 0.3 is 0 Å². The van der Waals surface area contributed by atoms with Gasteiger partial charge in [0.05, 0.1) is 6.20 Å². The zero-order valence-corrected chi connectivity index (χ0v) is 15.1. The van der Waals surface area contributed by atoms with Gasteiger partial charge < -0.3 is 14.5 Å². The molecule has 4 rings (SSSR count). The first-order valence-corrected chi connectivity index (χ1v) is 9.59. The van der Waals surface area contributed by atoms with E-state index in [0.717, 1.165) is 51.7 Å². The van der Waals surface area contributed by atoms with Crippen molar-refractivity contribution in [2.75, 3.05) is 39.4 Å². The van der Waals surface area contributed by atoms with Crippen LogP contribution in [0.3, 0.4) is 0 Å². The van der Waals surface area contributed by atoms with Crippen LogP contribution in [0, 0.1) is 11.3 Å². The van der Waals surface area contributed by atoms with Gasteiger partial charge in [-0.1, -0.05) is 0 Å². The van der Waals surface area contributed by atoms with E-state index < -0.39 is 0 Å². The van der Waals surface area contributed by atoms with Crippen molar-refractivity contribution in [1.82, 2.24) is 19.8 Å². The van der Waals surface area contributed by atoms with E-state index in [1.54, 1.807) is 12.4 Å². The van der Waals surface area contributed by atoms with Crippen molar-refractivity contribution in [1.29, 1.82) is 0 Å². The second-order valence-corrected chi connectivity index (χ2v) is 7.82. The van der Waals surface area contributed by atoms with Crippen LogP contribution in [0.5, 0.6) is 0 Å². The van der Waals surface area contributed by atoms with Gasteiger partial charge in [-0.05, 0) is 32.1 Å². The zero-order chi connectivity index (χ0) is 18.0. The first-order valence-electron chi connectivity index (χ1n) is 9.59. The standard InChI is InChI=1S/C19H26N4O3/c24-17(15-2-10-26-11-3-15)23-9-5-19(14-23)4-1-8-22(13-19)18(25)16-12-20-6-7-21-16/h6-7,12,15H,1-5,8-11,13-14H2/t19-/m1/s1. The first kappa shape index (κ1) is 17.4. The summed E-state index contributed by atoms with van der Waals surface area (Å²) in [6, 6.07) is 0. The highest BCUT2D eigenvalue weighted by Crippen LogP contribution is 2.40. The molecule has 0 aliphatic carbocycles. The largest absolute Gasteiger partial charge is 0.381 e. The van der Waals surface area contributed by atoms with Crippen molar-refractivity contribution < 1.29 is 14.3 Å². The molecule has 1 aromatic rings.